The van der Waals surface area contributed by atoms with Crippen LogP contribution < -0.4 is 0 Å². The van der Waals surface area contributed by atoms with Crippen LogP contribution in [0, 0.1) is 5.41 Å². The molecule has 0 radical (unpaired) electrons. The number of benzene rings is 1. The van der Waals surface area contributed by atoms with E-state index in [1.807, 2.05) is 0 Å². The molecule has 0 aliphatic rings. The van der Waals surface area contributed by atoms with Crippen molar-refractivity contribution in [2.24, 2.45) is 5.41 Å². The second-order valence-electron chi connectivity index (χ2n) is 8.07. The van der Waals surface area contributed by atoms with Crippen molar-refractivity contribution in [2.75, 3.05) is 0 Å². The Kier molecular flexibility index (Phi) is 8.93. The fourth-order valence-corrected chi connectivity index (χ4v) is 5.89. The van der Waals surface area contributed by atoms with Crippen LogP contribution in [0.3, 0.4) is 0 Å². The van der Waals surface area contributed by atoms with Gasteiger partial charge in [0.25, 0.3) is 8.32 Å². The first kappa shape index (κ1) is 23.6. The highest BCUT2D eigenvalue weighted by molar-refractivity contribution is 6.75. The van der Waals surface area contributed by atoms with E-state index < -0.39 is 13.7 Å². The van der Waals surface area contributed by atoms with Crippen molar-refractivity contribution < 1.29 is 14.0 Å². The van der Waals surface area contributed by atoms with E-state index in [2.05, 4.69) is 58.9 Å². The van der Waals surface area contributed by atoms with Crippen LogP contribution in [0.25, 0.3) is 0 Å². The first-order valence-corrected chi connectivity index (χ1v) is 13.0. The largest absolute Gasteiger partial charge is 0.518 e. The minimum atomic E-state index is -2.07. The lowest BCUT2D eigenvalue weighted by atomic mass is 9.80. The lowest BCUT2D eigenvalue weighted by Gasteiger charge is -2.33. The second kappa shape index (κ2) is 10.2. The number of aryl methyl sites for hydroxylation is 1. The third-order valence-corrected chi connectivity index (χ3v) is 11.0. The van der Waals surface area contributed by atoms with Crippen molar-refractivity contribution in [2.45, 2.75) is 91.8 Å². The van der Waals surface area contributed by atoms with Gasteiger partial charge in [-0.1, -0.05) is 58.9 Å². The highest BCUT2D eigenvalue weighted by atomic mass is 28.4. The van der Waals surface area contributed by atoms with Crippen LogP contribution in [0.2, 0.25) is 18.1 Å². The molecule has 1 aromatic rings. The highest BCUT2D eigenvalue weighted by Crippen LogP contribution is 2.32. The van der Waals surface area contributed by atoms with Crippen LogP contribution in [0.15, 0.2) is 24.3 Å². The predicted molar refractivity (Wildman–Crippen MR) is 116 cm³/mol. The zero-order valence-corrected chi connectivity index (χ0v) is 19.4. The van der Waals surface area contributed by atoms with Gasteiger partial charge in [0.1, 0.15) is 11.2 Å². The molecule has 0 saturated carbocycles. The maximum atomic E-state index is 13.0. The summed E-state index contributed by atoms with van der Waals surface area (Å²) in [5.74, 6) is 0.130. The Bertz CT molecular complexity index is 611. The van der Waals surface area contributed by atoms with Crippen molar-refractivity contribution in [1.29, 1.82) is 0 Å². The van der Waals surface area contributed by atoms with Gasteiger partial charge in [-0.25, -0.2) is 0 Å². The maximum Gasteiger partial charge on any atom is 0.306 e. The van der Waals surface area contributed by atoms with Gasteiger partial charge in [-0.15, -0.1) is 0 Å². The Morgan fingerprint density at radius 2 is 1.56 bits per heavy atom. The summed E-state index contributed by atoms with van der Waals surface area (Å²) in [5, 5.41) is 0. The zero-order valence-electron chi connectivity index (χ0n) is 18.4. The predicted octanol–water partition coefficient (Wildman–Crippen LogP) is 6.28. The Labute approximate surface area is 167 Å². The molecule has 1 rings (SSSR count). The molecule has 4 heteroatoms. The normalized spacial score (nSPS) is 15.1. The average Bonchev–Trinajstić information content (AvgIpc) is 2.69. The van der Waals surface area contributed by atoms with E-state index in [-0.39, 0.29) is 11.8 Å². The van der Waals surface area contributed by atoms with E-state index in [4.69, 9.17) is 4.43 Å². The van der Waals surface area contributed by atoms with Crippen molar-refractivity contribution >= 4 is 20.1 Å². The van der Waals surface area contributed by atoms with E-state index in [0.29, 0.717) is 18.8 Å². The molecule has 0 N–H and O–H groups in total. The van der Waals surface area contributed by atoms with Gasteiger partial charge in [-0.2, -0.15) is 0 Å². The van der Waals surface area contributed by atoms with E-state index in [0.717, 1.165) is 30.1 Å². The molecule has 0 spiro atoms. The van der Waals surface area contributed by atoms with Crippen LogP contribution in [0.4, 0.5) is 0 Å². The third kappa shape index (κ3) is 5.77. The number of carbonyl (C=O) groups excluding carboxylic acids is 2. The summed E-state index contributed by atoms with van der Waals surface area (Å²) in [6.07, 6.45) is 2.31. The van der Waals surface area contributed by atoms with Crippen LogP contribution in [0.1, 0.15) is 78.4 Å². The lowest BCUT2D eigenvalue weighted by molar-refractivity contribution is -0.152. The summed E-state index contributed by atoms with van der Waals surface area (Å²) in [4.78, 5) is 25.4. The van der Waals surface area contributed by atoms with Crippen LogP contribution in [-0.4, -0.2) is 20.1 Å². The first-order chi connectivity index (χ1) is 12.7. The molecule has 2 unspecified atom stereocenters. The molecule has 1 aromatic carbocycles. The van der Waals surface area contributed by atoms with E-state index in [1.165, 1.54) is 12.5 Å². The van der Waals surface area contributed by atoms with Gasteiger partial charge in [-0.3, -0.25) is 9.59 Å². The molecule has 0 amide bonds. The van der Waals surface area contributed by atoms with Gasteiger partial charge >= 0.3 is 5.97 Å². The van der Waals surface area contributed by atoms with Crippen molar-refractivity contribution in [3.05, 3.63) is 35.4 Å². The van der Waals surface area contributed by atoms with Crippen molar-refractivity contribution in [3.8, 4) is 0 Å². The topological polar surface area (TPSA) is 43.4 Å². The quantitative estimate of drug-likeness (QED) is 0.330. The zero-order chi connectivity index (χ0) is 20.7. The number of ketones is 1. The molecule has 0 aliphatic carbocycles. The van der Waals surface area contributed by atoms with Gasteiger partial charge in [0.15, 0.2) is 0 Å². The SMILES string of the molecule is CCC(C)c1ccc(CCC(C)(C(C)=O)C(=O)O[Si](CC)(CC)CC)cc1. The molecule has 152 valence electrons. The number of rotatable bonds is 11. The molecule has 0 aromatic heterocycles. The molecule has 0 bridgehead atoms. The summed E-state index contributed by atoms with van der Waals surface area (Å²) < 4.78 is 6.04. The smallest absolute Gasteiger partial charge is 0.306 e. The van der Waals surface area contributed by atoms with Crippen LogP contribution in [0.5, 0.6) is 0 Å². The van der Waals surface area contributed by atoms with E-state index in [1.54, 1.807) is 6.92 Å². The summed E-state index contributed by atoms with van der Waals surface area (Å²) in [6.45, 7) is 14.0. The maximum absolute atomic E-state index is 13.0. The Hall–Kier alpha value is -1.42. The van der Waals surface area contributed by atoms with Gasteiger partial charge in [0.05, 0.1) is 0 Å². The fourth-order valence-electron chi connectivity index (χ4n) is 3.34. The molecule has 27 heavy (non-hydrogen) atoms. The summed E-state index contributed by atoms with van der Waals surface area (Å²) in [5.41, 5.74) is 1.43. The molecule has 2 atom stereocenters. The first-order valence-electron chi connectivity index (χ1n) is 10.5. The Balaban J connectivity index is 2.91. The molecule has 0 fully saturated rings. The standard InChI is InChI=1S/C23H38O3Si/c1-8-18(5)21-14-12-20(13-15-21)16-17-23(7,19(6)24)22(25)26-27(9-2,10-3)11-4/h12-15,18H,8-11,16-17H2,1-7H3. The average molecular weight is 391 g/mol. The molecule has 0 heterocycles. The summed E-state index contributed by atoms with van der Waals surface area (Å²) >= 11 is 0. The molecule has 3 nitrogen and oxygen atoms in total. The lowest BCUT2D eigenvalue weighted by Crippen LogP contribution is -2.46. The Morgan fingerprint density at radius 1 is 1.04 bits per heavy atom. The van der Waals surface area contributed by atoms with Crippen molar-refractivity contribution in [1.82, 2.24) is 0 Å². The van der Waals surface area contributed by atoms with E-state index in [9.17, 15) is 9.59 Å². The molecular formula is C23H38O3Si. The van der Waals surface area contributed by atoms with Gasteiger partial charge in [-0.05, 0) is 68.3 Å². The monoisotopic (exact) mass is 390 g/mol. The third-order valence-electron chi connectivity index (χ3n) is 6.54. The van der Waals surface area contributed by atoms with Crippen molar-refractivity contribution in [3.63, 3.8) is 0 Å². The fraction of sp³-hybridized carbons (Fsp3) is 0.652. The van der Waals surface area contributed by atoms with Gasteiger partial charge in [0.2, 0.25) is 0 Å². The molecule has 0 saturated heterocycles. The highest BCUT2D eigenvalue weighted by Gasteiger charge is 2.43. The second-order valence-corrected chi connectivity index (χ2v) is 12.8. The van der Waals surface area contributed by atoms with Crippen LogP contribution >= 0.6 is 0 Å². The Morgan fingerprint density at radius 3 is 1.96 bits per heavy atom. The van der Waals surface area contributed by atoms with Crippen LogP contribution in [-0.2, 0) is 20.4 Å². The minimum Gasteiger partial charge on any atom is -0.518 e. The number of Topliss-reactive ketones (excluding diaryl/α,β-unsaturated/α-hetero) is 1. The summed E-state index contributed by atoms with van der Waals surface area (Å²) in [7, 11) is -2.07. The number of hydrogen-bond acceptors (Lipinski definition) is 3. The number of hydrogen-bond donors (Lipinski definition) is 0. The summed E-state index contributed by atoms with van der Waals surface area (Å²) in [6, 6.07) is 11.3. The minimum absolute atomic E-state index is 0.102. The van der Waals surface area contributed by atoms with Gasteiger partial charge in [0, 0.05) is 0 Å². The molecular weight excluding hydrogens is 352 g/mol. The molecule has 0 aliphatic heterocycles. The van der Waals surface area contributed by atoms with E-state index >= 15 is 0 Å². The van der Waals surface area contributed by atoms with Gasteiger partial charge < -0.3 is 4.43 Å². The number of carbonyl (C=O) groups is 2.